The fourth-order valence-electron chi connectivity index (χ4n) is 2.12. The number of aliphatic hydroxyl groups excluding tert-OH is 3. The topological polar surface area (TPSA) is 114 Å². The van der Waals surface area contributed by atoms with Crippen LogP contribution in [0.2, 0.25) is 5.15 Å². The molecule has 0 aromatic carbocycles. The molecule has 0 aliphatic carbocycles. The van der Waals surface area contributed by atoms with E-state index in [1.165, 1.54) is 17.2 Å². The highest BCUT2D eigenvalue weighted by Gasteiger charge is 2.43. The van der Waals surface area contributed by atoms with Crippen LogP contribution in [0.5, 0.6) is 0 Å². The Morgan fingerprint density at radius 2 is 2.05 bits per heavy atom. The van der Waals surface area contributed by atoms with E-state index in [9.17, 15) is 10.2 Å². The standard InChI is InChI=1S/C10H11ClN4O4/c11-8-5-9(13-2-12-8)15(3-14-5)10-7(18)6(17)4(1-16)19-10/h2-4,6-7,10,16-18H,1H2/t4?,6-,7?,10?/m1/s1. The molecule has 3 unspecified atom stereocenters. The normalized spacial score (nSPS) is 31.2. The van der Waals surface area contributed by atoms with Crippen molar-refractivity contribution >= 4 is 22.8 Å². The molecule has 3 rings (SSSR count). The number of hydrogen-bond acceptors (Lipinski definition) is 7. The van der Waals surface area contributed by atoms with Gasteiger partial charge in [0.1, 0.15) is 30.2 Å². The lowest BCUT2D eigenvalue weighted by atomic mass is 10.1. The summed E-state index contributed by atoms with van der Waals surface area (Å²) in [5.74, 6) is 0. The van der Waals surface area contributed by atoms with Gasteiger partial charge >= 0.3 is 0 Å². The lowest BCUT2D eigenvalue weighted by Crippen LogP contribution is -2.33. The minimum Gasteiger partial charge on any atom is -0.394 e. The van der Waals surface area contributed by atoms with Crippen molar-refractivity contribution in [2.45, 2.75) is 24.5 Å². The Labute approximate surface area is 112 Å². The van der Waals surface area contributed by atoms with Crippen LogP contribution in [0.15, 0.2) is 12.7 Å². The number of imidazole rings is 1. The van der Waals surface area contributed by atoms with Gasteiger partial charge in [0.25, 0.3) is 0 Å². The van der Waals surface area contributed by atoms with E-state index in [1.807, 2.05) is 0 Å². The second-order valence-electron chi connectivity index (χ2n) is 4.22. The lowest BCUT2D eigenvalue weighted by Gasteiger charge is -2.16. The molecule has 1 aliphatic rings. The molecule has 2 aromatic heterocycles. The van der Waals surface area contributed by atoms with Crippen LogP contribution in [0, 0.1) is 0 Å². The summed E-state index contributed by atoms with van der Waals surface area (Å²) in [7, 11) is 0. The molecule has 3 heterocycles. The molecule has 1 fully saturated rings. The van der Waals surface area contributed by atoms with E-state index in [4.69, 9.17) is 21.4 Å². The average Bonchev–Trinajstić information content (AvgIpc) is 2.94. The van der Waals surface area contributed by atoms with E-state index < -0.39 is 31.1 Å². The predicted octanol–water partition coefficient (Wildman–Crippen LogP) is -0.909. The third-order valence-electron chi connectivity index (χ3n) is 3.11. The summed E-state index contributed by atoms with van der Waals surface area (Å²) in [6.45, 7) is -0.392. The number of nitrogens with zero attached hydrogens (tertiary/aromatic N) is 4. The number of ether oxygens (including phenoxy) is 1. The van der Waals surface area contributed by atoms with Crippen LogP contribution in [-0.4, -0.2) is 59.8 Å². The second-order valence-corrected chi connectivity index (χ2v) is 4.58. The summed E-state index contributed by atoms with van der Waals surface area (Å²) < 4.78 is 6.85. The maximum absolute atomic E-state index is 9.95. The van der Waals surface area contributed by atoms with E-state index >= 15 is 0 Å². The smallest absolute Gasteiger partial charge is 0.167 e. The van der Waals surface area contributed by atoms with Crippen LogP contribution in [0.3, 0.4) is 0 Å². The van der Waals surface area contributed by atoms with Gasteiger partial charge in [0.15, 0.2) is 17.0 Å². The van der Waals surface area contributed by atoms with Crippen LogP contribution in [0.1, 0.15) is 6.23 Å². The van der Waals surface area contributed by atoms with Crippen molar-refractivity contribution in [1.29, 1.82) is 0 Å². The lowest BCUT2D eigenvalue weighted by molar-refractivity contribution is -0.0511. The van der Waals surface area contributed by atoms with Crippen molar-refractivity contribution in [2.75, 3.05) is 6.61 Å². The van der Waals surface area contributed by atoms with Crippen LogP contribution in [0.4, 0.5) is 0 Å². The monoisotopic (exact) mass is 286 g/mol. The Morgan fingerprint density at radius 3 is 2.74 bits per heavy atom. The number of fused-ring (bicyclic) bond motifs is 1. The summed E-state index contributed by atoms with van der Waals surface area (Å²) in [6.07, 6.45) is -1.44. The van der Waals surface area contributed by atoms with Gasteiger partial charge in [-0.1, -0.05) is 11.6 Å². The van der Waals surface area contributed by atoms with Crippen LogP contribution in [0.25, 0.3) is 11.2 Å². The van der Waals surface area contributed by atoms with Crippen LogP contribution in [-0.2, 0) is 4.74 Å². The van der Waals surface area contributed by atoms with Gasteiger partial charge in [-0.3, -0.25) is 4.57 Å². The summed E-state index contributed by atoms with van der Waals surface area (Å²) >= 11 is 5.88. The Balaban J connectivity index is 2.04. The maximum Gasteiger partial charge on any atom is 0.167 e. The van der Waals surface area contributed by atoms with Crippen LogP contribution < -0.4 is 0 Å². The molecule has 1 aliphatic heterocycles. The van der Waals surface area contributed by atoms with Crippen molar-refractivity contribution in [3.05, 3.63) is 17.8 Å². The molecule has 0 saturated carbocycles. The number of rotatable bonds is 2. The summed E-state index contributed by atoms with van der Waals surface area (Å²) in [6, 6.07) is 0. The molecule has 19 heavy (non-hydrogen) atoms. The highest BCUT2D eigenvalue weighted by molar-refractivity contribution is 6.33. The van der Waals surface area contributed by atoms with Gasteiger partial charge in [-0.2, -0.15) is 0 Å². The molecular formula is C10H11ClN4O4. The SMILES string of the molecule is OCC1OC(n2cnc3c(Cl)ncnc32)C(O)[C@@H]1O. The fourth-order valence-corrected chi connectivity index (χ4v) is 2.30. The number of halogens is 1. The van der Waals surface area contributed by atoms with Gasteiger partial charge in [0, 0.05) is 0 Å². The quantitative estimate of drug-likeness (QED) is 0.613. The van der Waals surface area contributed by atoms with E-state index in [2.05, 4.69) is 15.0 Å². The van der Waals surface area contributed by atoms with Crippen molar-refractivity contribution in [3.63, 3.8) is 0 Å². The van der Waals surface area contributed by atoms with Gasteiger partial charge in [-0.15, -0.1) is 0 Å². The van der Waals surface area contributed by atoms with Gasteiger partial charge < -0.3 is 20.1 Å². The van der Waals surface area contributed by atoms with Gasteiger partial charge in [0.2, 0.25) is 0 Å². The van der Waals surface area contributed by atoms with Crippen molar-refractivity contribution < 1.29 is 20.1 Å². The van der Waals surface area contributed by atoms with Crippen molar-refractivity contribution in [3.8, 4) is 0 Å². The molecule has 1 saturated heterocycles. The van der Waals surface area contributed by atoms with Crippen molar-refractivity contribution in [2.24, 2.45) is 0 Å². The molecule has 8 nitrogen and oxygen atoms in total. The second kappa shape index (κ2) is 4.66. The van der Waals surface area contributed by atoms with Gasteiger partial charge in [0.05, 0.1) is 12.9 Å². The number of aliphatic hydroxyl groups is 3. The molecule has 3 N–H and O–H groups in total. The summed E-state index contributed by atoms with van der Waals surface area (Å²) in [5.41, 5.74) is 0.761. The highest BCUT2D eigenvalue weighted by Crippen LogP contribution is 2.31. The minimum absolute atomic E-state index is 0.190. The zero-order chi connectivity index (χ0) is 13.6. The first-order valence-electron chi connectivity index (χ1n) is 5.59. The third kappa shape index (κ3) is 1.88. The minimum atomic E-state index is -1.19. The van der Waals surface area contributed by atoms with Crippen molar-refractivity contribution in [1.82, 2.24) is 19.5 Å². The zero-order valence-corrected chi connectivity index (χ0v) is 10.3. The predicted molar refractivity (Wildman–Crippen MR) is 63.3 cm³/mol. The van der Waals surface area contributed by atoms with Gasteiger partial charge in [-0.05, 0) is 0 Å². The molecule has 0 spiro atoms. The summed E-state index contributed by atoms with van der Waals surface area (Å²) in [4.78, 5) is 11.9. The first-order chi connectivity index (χ1) is 9.13. The van der Waals surface area contributed by atoms with Crippen LogP contribution >= 0.6 is 11.6 Å². The Bertz CT molecular complexity index is 606. The Kier molecular flexibility index (Phi) is 3.11. The Morgan fingerprint density at radius 1 is 1.26 bits per heavy atom. The molecule has 4 atom stereocenters. The molecule has 102 valence electrons. The summed E-state index contributed by atoms with van der Waals surface area (Å²) in [5, 5.41) is 28.9. The largest absolute Gasteiger partial charge is 0.394 e. The average molecular weight is 287 g/mol. The Hall–Kier alpha value is -1.32. The van der Waals surface area contributed by atoms with E-state index in [0.717, 1.165) is 0 Å². The first-order valence-corrected chi connectivity index (χ1v) is 5.96. The highest BCUT2D eigenvalue weighted by atomic mass is 35.5. The number of hydrogen-bond donors (Lipinski definition) is 3. The molecule has 0 bridgehead atoms. The zero-order valence-electron chi connectivity index (χ0n) is 9.59. The molecule has 2 aromatic rings. The fraction of sp³-hybridized carbons (Fsp3) is 0.500. The third-order valence-corrected chi connectivity index (χ3v) is 3.38. The van der Waals surface area contributed by atoms with E-state index in [1.54, 1.807) is 0 Å². The van der Waals surface area contributed by atoms with E-state index in [-0.39, 0.29) is 5.15 Å². The molecule has 0 radical (unpaired) electrons. The maximum atomic E-state index is 9.95. The first kappa shape index (κ1) is 12.7. The molecule has 9 heteroatoms. The molecular weight excluding hydrogens is 276 g/mol. The number of aromatic nitrogens is 4. The van der Waals surface area contributed by atoms with E-state index in [0.29, 0.717) is 11.2 Å². The van der Waals surface area contributed by atoms with Gasteiger partial charge in [-0.25, -0.2) is 15.0 Å². The molecule has 0 amide bonds.